The second kappa shape index (κ2) is 9.03. The van der Waals surface area contributed by atoms with E-state index >= 15 is 0 Å². The third kappa shape index (κ3) is 4.93. The van der Waals surface area contributed by atoms with Crippen molar-refractivity contribution in [3.05, 3.63) is 35.9 Å². The molecule has 1 saturated heterocycles. The molecule has 1 heterocycles. The van der Waals surface area contributed by atoms with E-state index in [4.69, 9.17) is 4.84 Å². The number of rotatable bonds is 6. The number of nitrogens with one attached hydrogen (secondary N) is 2. The number of urea groups is 1. The number of hydrogen-bond donors (Lipinski definition) is 2. The van der Waals surface area contributed by atoms with Crippen LogP contribution in [0.25, 0.3) is 0 Å². The number of carbonyl (C=O) groups is 3. The highest BCUT2D eigenvalue weighted by Gasteiger charge is 2.37. The molecule has 1 aromatic carbocycles. The number of carbonyl (C=O) groups excluding carboxylic acids is 3. The van der Waals surface area contributed by atoms with E-state index in [1.54, 1.807) is 13.8 Å². The van der Waals surface area contributed by atoms with E-state index in [-0.39, 0.29) is 25.0 Å². The van der Waals surface area contributed by atoms with Gasteiger partial charge in [0.05, 0.1) is 6.54 Å². The van der Waals surface area contributed by atoms with Gasteiger partial charge >= 0.3 is 6.03 Å². The Balaban J connectivity index is 1.92. The van der Waals surface area contributed by atoms with Crippen LogP contribution in [0.4, 0.5) is 4.79 Å². The van der Waals surface area contributed by atoms with Crippen LogP contribution in [-0.4, -0.2) is 46.9 Å². The highest BCUT2D eigenvalue weighted by atomic mass is 16.7. The van der Waals surface area contributed by atoms with Crippen LogP contribution in [0.2, 0.25) is 0 Å². The van der Waals surface area contributed by atoms with E-state index in [1.807, 2.05) is 30.3 Å². The van der Waals surface area contributed by atoms with Crippen molar-refractivity contribution in [2.24, 2.45) is 0 Å². The highest BCUT2D eigenvalue weighted by molar-refractivity contribution is 5.89. The van der Waals surface area contributed by atoms with Crippen molar-refractivity contribution in [1.82, 2.24) is 20.8 Å². The summed E-state index contributed by atoms with van der Waals surface area (Å²) in [5.41, 5.74) is 5.65. The summed E-state index contributed by atoms with van der Waals surface area (Å²) in [5.74, 6) is -0.689. The van der Waals surface area contributed by atoms with Crippen molar-refractivity contribution in [2.75, 3.05) is 13.1 Å². The fraction of sp³-hybridized carbons (Fsp3) is 0.471. The van der Waals surface area contributed by atoms with E-state index in [0.717, 1.165) is 5.56 Å². The lowest BCUT2D eigenvalue weighted by atomic mass is 10.1. The summed E-state index contributed by atoms with van der Waals surface area (Å²) in [6.07, 6.45) is 0.685. The lowest BCUT2D eigenvalue weighted by molar-refractivity contribution is -0.157. The van der Waals surface area contributed by atoms with Gasteiger partial charge in [0.2, 0.25) is 5.91 Å². The first-order valence-electron chi connectivity index (χ1n) is 8.40. The van der Waals surface area contributed by atoms with E-state index < -0.39 is 11.9 Å². The molecule has 8 heteroatoms. The Morgan fingerprint density at radius 2 is 1.92 bits per heavy atom. The average Bonchev–Trinajstić information content (AvgIpc) is 2.65. The Hall–Kier alpha value is -2.61. The molecule has 8 nitrogen and oxygen atoms in total. The van der Waals surface area contributed by atoms with Crippen LogP contribution in [0.1, 0.15) is 32.3 Å². The Bertz CT molecular complexity index is 608. The summed E-state index contributed by atoms with van der Waals surface area (Å²) >= 11 is 0. The van der Waals surface area contributed by atoms with Gasteiger partial charge in [0.25, 0.3) is 5.91 Å². The zero-order valence-corrected chi connectivity index (χ0v) is 14.5. The molecular weight excluding hydrogens is 324 g/mol. The Kier molecular flexibility index (Phi) is 6.76. The summed E-state index contributed by atoms with van der Waals surface area (Å²) in [6, 6.07) is 8.56. The van der Waals surface area contributed by atoms with Crippen LogP contribution in [0.15, 0.2) is 30.3 Å². The number of hydrazine groups is 1. The third-order valence-electron chi connectivity index (χ3n) is 3.96. The normalized spacial score (nSPS) is 17.4. The highest BCUT2D eigenvalue weighted by Crippen LogP contribution is 2.17. The standard InChI is InChI=1S/C17H24N4O4/c1-3-15(22)18-19-16(23)14-10-11-21(17(24)20(14)4-2)25-12-13-8-6-5-7-9-13/h5-9,14H,3-4,10-12H2,1-2H3,(H,18,22)(H,19,23)/t14-/m0/s1. The van der Waals surface area contributed by atoms with Crippen LogP contribution in [0.3, 0.4) is 0 Å². The summed E-state index contributed by atoms with van der Waals surface area (Å²) in [5, 5.41) is 1.28. The smallest absolute Gasteiger partial charge is 0.311 e. The molecule has 0 radical (unpaired) electrons. The van der Waals surface area contributed by atoms with Gasteiger partial charge in [-0.3, -0.25) is 25.3 Å². The second-order valence-electron chi connectivity index (χ2n) is 5.63. The molecule has 2 N–H and O–H groups in total. The first-order chi connectivity index (χ1) is 12.1. The number of amides is 4. The van der Waals surface area contributed by atoms with Gasteiger partial charge in [-0.2, -0.15) is 0 Å². The number of benzene rings is 1. The molecule has 0 aromatic heterocycles. The van der Waals surface area contributed by atoms with Crippen LogP contribution in [-0.2, 0) is 21.0 Å². The van der Waals surface area contributed by atoms with Gasteiger partial charge in [-0.25, -0.2) is 9.86 Å². The Labute approximate surface area is 147 Å². The lowest BCUT2D eigenvalue weighted by Crippen LogP contribution is -2.60. The Morgan fingerprint density at radius 1 is 1.20 bits per heavy atom. The van der Waals surface area contributed by atoms with Crippen molar-refractivity contribution in [3.63, 3.8) is 0 Å². The monoisotopic (exact) mass is 348 g/mol. The molecular formula is C17H24N4O4. The second-order valence-corrected chi connectivity index (χ2v) is 5.63. The van der Waals surface area contributed by atoms with Crippen molar-refractivity contribution in [2.45, 2.75) is 39.3 Å². The maximum Gasteiger partial charge on any atom is 0.344 e. The zero-order valence-electron chi connectivity index (χ0n) is 14.5. The quantitative estimate of drug-likeness (QED) is 0.756. The molecule has 0 unspecified atom stereocenters. The molecule has 1 aromatic rings. The van der Waals surface area contributed by atoms with Crippen molar-refractivity contribution in [3.8, 4) is 0 Å². The molecule has 2 rings (SSSR count). The minimum absolute atomic E-state index is 0.266. The first-order valence-corrected chi connectivity index (χ1v) is 8.40. The van der Waals surface area contributed by atoms with E-state index in [9.17, 15) is 14.4 Å². The summed E-state index contributed by atoms with van der Waals surface area (Å²) < 4.78 is 0. The summed E-state index contributed by atoms with van der Waals surface area (Å²) in [6.45, 7) is 4.44. The molecule has 0 bridgehead atoms. The summed E-state index contributed by atoms with van der Waals surface area (Å²) in [4.78, 5) is 43.1. The summed E-state index contributed by atoms with van der Waals surface area (Å²) in [7, 11) is 0. The van der Waals surface area contributed by atoms with Gasteiger partial charge in [0.1, 0.15) is 12.6 Å². The van der Waals surface area contributed by atoms with Crippen LogP contribution in [0, 0.1) is 0 Å². The third-order valence-corrected chi connectivity index (χ3v) is 3.96. The van der Waals surface area contributed by atoms with Gasteiger partial charge in [-0.05, 0) is 18.9 Å². The van der Waals surface area contributed by atoms with E-state index in [2.05, 4.69) is 10.9 Å². The molecule has 136 valence electrons. The minimum atomic E-state index is -0.633. The maximum absolute atomic E-state index is 12.5. The largest absolute Gasteiger partial charge is 0.344 e. The van der Waals surface area contributed by atoms with Gasteiger partial charge in [0.15, 0.2) is 0 Å². The van der Waals surface area contributed by atoms with Gasteiger partial charge in [-0.1, -0.05) is 37.3 Å². The molecule has 0 spiro atoms. The lowest BCUT2D eigenvalue weighted by Gasteiger charge is -2.39. The molecule has 0 aliphatic carbocycles. The minimum Gasteiger partial charge on any atom is -0.311 e. The Morgan fingerprint density at radius 3 is 2.56 bits per heavy atom. The molecule has 1 atom stereocenters. The van der Waals surface area contributed by atoms with Gasteiger partial charge in [-0.15, -0.1) is 0 Å². The maximum atomic E-state index is 12.5. The molecule has 1 aliphatic rings. The van der Waals surface area contributed by atoms with Crippen molar-refractivity contribution >= 4 is 17.8 Å². The number of nitrogens with zero attached hydrogens (tertiary/aromatic N) is 2. The van der Waals surface area contributed by atoms with Crippen LogP contribution >= 0.6 is 0 Å². The molecule has 0 saturated carbocycles. The molecule has 4 amide bonds. The van der Waals surface area contributed by atoms with Gasteiger partial charge in [0, 0.05) is 13.0 Å². The van der Waals surface area contributed by atoms with E-state index in [1.165, 1.54) is 9.96 Å². The fourth-order valence-corrected chi connectivity index (χ4v) is 2.55. The fourth-order valence-electron chi connectivity index (χ4n) is 2.55. The zero-order chi connectivity index (χ0) is 18.2. The predicted molar refractivity (Wildman–Crippen MR) is 90.7 cm³/mol. The van der Waals surface area contributed by atoms with Crippen LogP contribution < -0.4 is 10.9 Å². The topological polar surface area (TPSA) is 91.0 Å². The van der Waals surface area contributed by atoms with E-state index in [0.29, 0.717) is 19.5 Å². The predicted octanol–water partition coefficient (Wildman–Crippen LogP) is 1.19. The molecule has 25 heavy (non-hydrogen) atoms. The molecule has 1 fully saturated rings. The number of hydrogen-bond acceptors (Lipinski definition) is 4. The molecule has 1 aliphatic heterocycles. The SMILES string of the molecule is CCC(=O)NNC(=O)[C@@H]1CCN(OCc2ccccc2)C(=O)N1CC. The number of likely N-dealkylation sites (N-methyl/N-ethyl adjacent to an activating group) is 1. The van der Waals surface area contributed by atoms with Crippen LogP contribution in [0.5, 0.6) is 0 Å². The van der Waals surface area contributed by atoms with Crippen molar-refractivity contribution < 1.29 is 19.2 Å². The average molecular weight is 348 g/mol. The van der Waals surface area contributed by atoms with Crippen molar-refractivity contribution in [1.29, 1.82) is 0 Å². The van der Waals surface area contributed by atoms with Gasteiger partial charge < -0.3 is 4.90 Å². The number of hydroxylamine groups is 2. The first kappa shape index (κ1) is 18.7.